The first-order valence-corrected chi connectivity index (χ1v) is 10.5. The SMILES string of the molecule is CCCCCc1cc(F)c(C(F)(F)Oc2ccc(C#Cc3cc(F)c(F)c(F)c3)c(F)c2)c(F)c1. The third kappa shape index (κ3) is 6.32. The van der Waals surface area contributed by atoms with Gasteiger partial charge in [-0.2, -0.15) is 8.78 Å². The molecule has 0 N–H and O–H groups in total. The van der Waals surface area contributed by atoms with E-state index < -0.39 is 52.3 Å². The summed E-state index contributed by atoms with van der Waals surface area (Å²) in [6.45, 7) is 1.94. The van der Waals surface area contributed by atoms with Gasteiger partial charge in [0.05, 0.1) is 5.56 Å². The molecule has 0 saturated heterocycles. The van der Waals surface area contributed by atoms with Crippen LogP contribution in [0.4, 0.5) is 35.1 Å². The fraction of sp³-hybridized carbons (Fsp3) is 0.231. The molecule has 0 amide bonds. The van der Waals surface area contributed by atoms with E-state index in [1.807, 2.05) is 6.92 Å². The van der Waals surface area contributed by atoms with E-state index in [-0.39, 0.29) is 16.7 Å². The summed E-state index contributed by atoms with van der Waals surface area (Å²) in [7, 11) is 0. The van der Waals surface area contributed by atoms with E-state index in [4.69, 9.17) is 0 Å². The van der Waals surface area contributed by atoms with Crippen molar-refractivity contribution in [1.29, 1.82) is 0 Å². The van der Waals surface area contributed by atoms with E-state index in [0.717, 1.165) is 37.1 Å². The minimum absolute atomic E-state index is 0.225. The molecule has 1 nitrogen and oxygen atoms in total. The molecule has 0 atom stereocenters. The zero-order valence-electron chi connectivity index (χ0n) is 18.3. The quantitative estimate of drug-likeness (QED) is 0.140. The molecule has 0 aliphatic heterocycles. The second kappa shape index (κ2) is 10.8. The van der Waals surface area contributed by atoms with Gasteiger partial charge in [-0.15, -0.1) is 0 Å². The number of unbranched alkanes of at least 4 members (excludes halogenated alkanes) is 2. The van der Waals surface area contributed by atoms with Gasteiger partial charge in [-0.25, -0.2) is 26.3 Å². The molecule has 0 aliphatic carbocycles. The molecule has 0 aromatic heterocycles. The van der Waals surface area contributed by atoms with Crippen molar-refractivity contribution in [2.75, 3.05) is 0 Å². The predicted octanol–water partition coefficient (Wildman–Crippen LogP) is 7.78. The summed E-state index contributed by atoms with van der Waals surface area (Å²) in [5.41, 5.74) is -2.04. The molecular weight excluding hydrogens is 480 g/mol. The van der Waals surface area contributed by atoms with Crippen molar-refractivity contribution in [1.82, 2.24) is 0 Å². The zero-order valence-corrected chi connectivity index (χ0v) is 18.3. The van der Waals surface area contributed by atoms with Gasteiger partial charge < -0.3 is 4.74 Å². The number of rotatable bonds is 7. The summed E-state index contributed by atoms with van der Waals surface area (Å²) < 4.78 is 116. The summed E-state index contributed by atoms with van der Waals surface area (Å²) in [5.74, 6) is -5.12. The van der Waals surface area contributed by atoms with Crippen LogP contribution in [0.5, 0.6) is 5.75 Å². The van der Waals surface area contributed by atoms with Gasteiger partial charge in [0.25, 0.3) is 0 Å². The highest BCUT2D eigenvalue weighted by molar-refractivity contribution is 5.45. The maximum atomic E-state index is 14.6. The van der Waals surface area contributed by atoms with Crippen LogP contribution in [0.2, 0.25) is 0 Å². The molecule has 0 heterocycles. The summed E-state index contributed by atoms with van der Waals surface area (Å²) in [6.07, 6.45) is -1.81. The van der Waals surface area contributed by atoms with E-state index in [1.165, 1.54) is 0 Å². The fourth-order valence-corrected chi connectivity index (χ4v) is 3.25. The van der Waals surface area contributed by atoms with Crippen LogP contribution in [0.25, 0.3) is 0 Å². The Kier molecular flexibility index (Phi) is 8.05. The average Bonchev–Trinajstić information content (AvgIpc) is 2.76. The lowest BCUT2D eigenvalue weighted by Crippen LogP contribution is -2.25. The Hall–Kier alpha value is -3.54. The van der Waals surface area contributed by atoms with Gasteiger partial charge in [0.15, 0.2) is 17.5 Å². The van der Waals surface area contributed by atoms with E-state index >= 15 is 0 Å². The molecule has 0 radical (unpaired) electrons. The second-order valence-electron chi connectivity index (χ2n) is 7.66. The molecule has 0 saturated carbocycles. The van der Waals surface area contributed by atoms with Crippen molar-refractivity contribution in [2.45, 2.75) is 38.7 Å². The van der Waals surface area contributed by atoms with Gasteiger partial charge in [0, 0.05) is 11.6 Å². The molecule has 9 heteroatoms. The molecule has 0 bridgehead atoms. The van der Waals surface area contributed by atoms with Crippen LogP contribution in [-0.4, -0.2) is 0 Å². The third-order valence-electron chi connectivity index (χ3n) is 4.97. The van der Waals surface area contributed by atoms with Crippen LogP contribution in [-0.2, 0) is 12.5 Å². The number of hydrogen-bond donors (Lipinski definition) is 0. The molecule has 3 rings (SSSR count). The number of ether oxygens (including phenoxy) is 1. The van der Waals surface area contributed by atoms with Crippen molar-refractivity contribution in [3.8, 4) is 17.6 Å². The Morgan fingerprint density at radius 2 is 1.37 bits per heavy atom. The number of hydrogen-bond acceptors (Lipinski definition) is 1. The van der Waals surface area contributed by atoms with Gasteiger partial charge in [-0.05, 0) is 54.8 Å². The minimum atomic E-state index is -4.46. The highest BCUT2D eigenvalue weighted by Gasteiger charge is 2.41. The van der Waals surface area contributed by atoms with Crippen molar-refractivity contribution < 1.29 is 39.9 Å². The third-order valence-corrected chi connectivity index (χ3v) is 4.97. The Morgan fingerprint density at radius 1 is 0.743 bits per heavy atom. The van der Waals surface area contributed by atoms with Crippen molar-refractivity contribution >= 4 is 0 Å². The normalized spacial score (nSPS) is 11.2. The summed E-state index contributed by atoms with van der Waals surface area (Å²) in [6, 6.07) is 5.13. The van der Waals surface area contributed by atoms with Gasteiger partial charge in [0.1, 0.15) is 28.8 Å². The second-order valence-corrected chi connectivity index (χ2v) is 7.66. The molecule has 35 heavy (non-hydrogen) atoms. The van der Waals surface area contributed by atoms with Crippen molar-refractivity contribution in [3.63, 3.8) is 0 Å². The van der Waals surface area contributed by atoms with Gasteiger partial charge in [-0.3, -0.25) is 0 Å². The van der Waals surface area contributed by atoms with E-state index in [0.29, 0.717) is 31.0 Å². The van der Waals surface area contributed by atoms with Crippen LogP contribution in [0.3, 0.4) is 0 Å². The molecule has 0 aliphatic rings. The van der Waals surface area contributed by atoms with Crippen molar-refractivity contribution in [3.05, 3.63) is 99.6 Å². The highest BCUT2D eigenvalue weighted by Crippen LogP contribution is 2.36. The van der Waals surface area contributed by atoms with Crippen LogP contribution in [0, 0.1) is 46.7 Å². The zero-order chi connectivity index (χ0) is 25.8. The fourth-order valence-electron chi connectivity index (χ4n) is 3.25. The Bertz CT molecular complexity index is 1240. The predicted molar refractivity (Wildman–Crippen MR) is 113 cm³/mol. The first kappa shape index (κ1) is 26.1. The Morgan fingerprint density at radius 3 is 1.94 bits per heavy atom. The number of halogens is 8. The molecule has 0 fully saturated rings. The molecule has 3 aromatic carbocycles. The molecular formula is C26H18F8O. The first-order valence-electron chi connectivity index (χ1n) is 10.5. The van der Waals surface area contributed by atoms with Crippen LogP contribution in [0.1, 0.15) is 48.4 Å². The maximum absolute atomic E-state index is 14.6. The monoisotopic (exact) mass is 498 g/mol. The number of benzene rings is 3. The molecule has 184 valence electrons. The van der Waals surface area contributed by atoms with Crippen LogP contribution < -0.4 is 4.74 Å². The molecule has 0 unspecified atom stereocenters. The van der Waals surface area contributed by atoms with E-state index in [9.17, 15) is 35.1 Å². The average molecular weight is 498 g/mol. The summed E-state index contributed by atoms with van der Waals surface area (Å²) in [4.78, 5) is 0. The number of aryl methyl sites for hydroxylation is 1. The van der Waals surface area contributed by atoms with E-state index in [1.54, 1.807) is 0 Å². The van der Waals surface area contributed by atoms with E-state index in [2.05, 4.69) is 16.6 Å². The van der Waals surface area contributed by atoms with Gasteiger partial charge >= 0.3 is 6.11 Å². The lowest BCUT2D eigenvalue weighted by Gasteiger charge is -2.20. The van der Waals surface area contributed by atoms with Crippen molar-refractivity contribution in [2.24, 2.45) is 0 Å². The lowest BCUT2D eigenvalue weighted by atomic mass is 10.0. The summed E-state index contributed by atoms with van der Waals surface area (Å²) >= 11 is 0. The lowest BCUT2D eigenvalue weighted by molar-refractivity contribution is -0.189. The molecule has 3 aromatic rings. The number of alkyl halides is 2. The first-order chi connectivity index (χ1) is 16.5. The standard InChI is InChI=1S/C26H18F8O/c1-2-3-4-5-15-10-20(28)24(21(29)11-15)26(33,34)35-18-9-8-17(19(27)14-18)7-6-16-12-22(30)25(32)23(31)13-16/h8-14H,2-5H2,1H3. The molecule has 0 spiro atoms. The smallest absolute Gasteiger partial charge is 0.429 e. The summed E-state index contributed by atoms with van der Waals surface area (Å²) in [5, 5.41) is 0. The minimum Gasteiger partial charge on any atom is -0.429 e. The van der Waals surface area contributed by atoms with Gasteiger partial charge in [-0.1, -0.05) is 31.6 Å². The highest BCUT2D eigenvalue weighted by atomic mass is 19.3. The van der Waals surface area contributed by atoms with Gasteiger partial charge in [0.2, 0.25) is 0 Å². The van der Waals surface area contributed by atoms with Crippen LogP contribution >= 0.6 is 0 Å². The maximum Gasteiger partial charge on any atom is 0.432 e. The topological polar surface area (TPSA) is 9.23 Å². The van der Waals surface area contributed by atoms with Crippen LogP contribution in [0.15, 0.2) is 42.5 Å². The largest absolute Gasteiger partial charge is 0.432 e. The Balaban J connectivity index is 1.81. The Labute approximate surface area is 196 Å².